The molecule has 0 heterocycles. The van der Waals surface area contributed by atoms with Crippen LogP contribution >= 0.6 is 24.4 Å². The van der Waals surface area contributed by atoms with Gasteiger partial charge in [-0.15, -0.1) is 0 Å². The van der Waals surface area contributed by atoms with Gasteiger partial charge in [-0.05, 0) is 47.0 Å². The van der Waals surface area contributed by atoms with Crippen LogP contribution in [0.2, 0.25) is 0 Å². The van der Waals surface area contributed by atoms with Crippen LogP contribution in [0.1, 0.15) is 36.5 Å². The Labute approximate surface area is 138 Å². The van der Waals surface area contributed by atoms with Gasteiger partial charge in [0.25, 0.3) is 0 Å². The summed E-state index contributed by atoms with van der Waals surface area (Å²) < 4.78 is 0. The summed E-state index contributed by atoms with van der Waals surface area (Å²) in [7, 11) is 3.63. The second kappa shape index (κ2) is 8.79. The molecule has 0 amide bonds. The molecule has 0 unspecified atom stereocenters. The Morgan fingerprint density at radius 3 is 1.67 bits per heavy atom. The predicted molar refractivity (Wildman–Crippen MR) is 97.5 cm³/mol. The molecule has 0 fully saturated rings. The highest BCUT2D eigenvalue weighted by Crippen LogP contribution is 2.18. The van der Waals surface area contributed by atoms with Crippen LogP contribution in [0.4, 0.5) is 0 Å². The third kappa shape index (κ3) is 6.27. The summed E-state index contributed by atoms with van der Waals surface area (Å²) in [4.78, 5) is 0. The maximum atomic E-state index is 5.11. The van der Waals surface area contributed by atoms with Crippen molar-refractivity contribution in [1.29, 1.82) is 0 Å². The Kier molecular flexibility index (Phi) is 7.39. The lowest BCUT2D eigenvalue weighted by molar-refractivity contribution is 0.828. The largest absolute Gasteiger partial charge is 0.366 e. The quantitative estimate of drug-likeness (QED) is 0.622. The van der Waals surface area contributed by atoms with E-state index >= 15 is 0 Å². The Hall–Kier alpha value is -1.40. The van der Waals surface area contributed by atoms with Crippen molar-refractivity contribution < 1.29 is 0 Å². The SMILES string of the molecule is CNC(=S)NCc1cc(CNC(=S)NC)cc(C(C)C)c1. The second-order valence-corrected chi connectivity index (χ2v) is 5.92. The van der Waals surface area contributed by atoms with E-state index in [1.54, 1.807) is 0 Å². The molecule has 4 nitrogen and oxygen atoms in total. The zero-order chi connectivity index (χ0) is 15.8. The first kappa shape index (κ1) is 17.7. The monoisotopic (exact) mass is 324 g/mol. The van der Waals surface area contributed by atoms with E-state index in [4.69, 9.17) is 24.4 Å². The molecule has 1 aromatic carbocycles. The molecular weight excluding hydrogens is 300 g/mol. The molecule has 0 saturated heterocycles. The second-order valence-electron chi connectivity index (χ2n) is 5.10. The van der Waals surface area contributed by atoms with Crippen molar-refractivity contribution in [3.8, 4) is 0 Å². The van der Waals surface area contributed by atoms with Crippen LogP contribution in [0.3, 0.4) is 0 Å². The van der Waals surface area contributed by atoms with E-state index < -0.39 is 0 Å². The Morgan fingerprint density at radius 1 is 0.905 bits per heavy atom. The lowest BCUT2D eigenvalue weighted by Crippen LogP contribution is -2.32. The van der Waals surface area contributed by atoms with Gasteiger partial charge in [0.15, 0.2) is 10.2 Å². The van der Waals surface area contributed by atoms with Crippen LogP contribution in [0.5, 0.6) is 0 Å². The maximum absolute atomic E-state index is 5.11. The first-order valence-corrected chi connectivity index (χ1v) is 7.81. The lowest BCUT2D eigenvalue weighted by atomic mass is 9.97. The maximum Gasteiger partial charge on any atom is 0.166 e. The summed E-state index contributed by atoms with van der Waals surface area (Å²) >= 11 is 10.2. The molecular formula is C15H24N4S2. The molecule has 116 valence electrons. The van der Waals surface area contributed by atoms with Gasteiger partial charge >= 0.3 is 0 Å². The minimum Gasteiger partial charge on any atom is -0.366 e. The number of rotatable bonds is 5. The molecule has 0 saturated carbocycles. The van der Waals surface area contributed by atoms with Crippen LogP contribution in [-0.2, 0) is 13.1 Å². The molecule has 21 heavy (non-hydrogen) atoms. The normalized spacial score (nSPS) is 10.1. The van der Waals surface area contributed by atoms with E-state index in [1.165, 1.54) is 16.7 Å². The number of nitrogens with one attached hydrogen (secondary N) is 4. The number of thiocarbonyl (C=S) groups is 2. The smallest absolute Gasteiger partial charge is 0.166 e. The number of hydrogen-bond donors (Lipinski definition) is 4. The molecule has 0 atom stereocenters. The lowest BCUT2D eigenvalue weighted by Gasteiger charge is -2.14. The van der Waals surface area contributed by atoms with Crippen LogP contribution in [-0.4, -0.2) is 24.3 Å². The van der Waals surface area contributed by atoms with Crippen LogP contribution in [0, 0.1) is 0 Å². The van der Waals surface area contributed by atoms with E-state index in [2.05, 4.69) is 53.3 Å². The van der Waals surface area contributed by atoms with E-state index in [0.717, 1.165) is 0 Å². The molecule has 0 aromatic heterocycles. The van der Waals surface area contributed by atoms with Gasteiger partial charge in [-0.3, -0.25) is 0 Å². The highest BCUT2D eigenvalue weighted by atomic mass is 32.1. The van der Waals surface area contributed by atoms with Gasteiger partial charge in [0.05, 0.1) is 0 Å². The minimum absolute atomic E-state index is 0.483. The fourth-order valence-corrected chi connectivity index (χ4v) is 2.01. The summed E-state index contributed by atoms with van der Waals surface area (Å²) in [5, 5.41) is 13.5. The third-order valence-electron chi connectivity index (χ3n) is 3.10. The highest BCUT2D eigenvalue weighted by Gasteiger charge is 2.05. The van der Waals surface area contributed by atoms with Crippen LogP contribution < -0.4 is 21.3 Å². The van der Waals surface area contributed by atoms with E-state index in [1.807, 2.05) is 14.1 Å². The molecule has 0 aliphatic carbocycles. The summed E-state index contributed by atoms with van der Waals surface area (Å²) in [5.74, 6) is 0.483. The van der Waals surface area contributed by atoms with Crippen LogP contribution in [0.25, 0.3) is 0 Å². The zero-order valence-corrected chi connectivity index (χ0v) is 14.7. The fraction of sp³-hybridized carbons (Fsp3) is 0.467. The standard InChI is InChI=1S/C15H24N4S2/c1-10(2)13-6-11(8-18-14(20)16-3)5-12(7-13)9-19-15(21)17-4/h5-7,10H,8-9H2,1-4H3,(H2,16,18,20)(H2,17,19,21). The van der Waals surface area contributed by atoms with Crippen molar-refractivity contribution >= 4 is 34.7 Å². The van der Waals surface area contributed by atoms with Crippen molar-refractivity contribution in [2.24, 2.45) is 0 Å². The first-order chi connectivity index (χ1) is 9.96. The number of benzene rings is 1. The van der Waals surface area contributed by atoms with Gasteiger partial charge in [0, 0.05) is 27.2 Å². The molecule has 0 aliphatic heterocycles. The molecule has 0 spiro atoms. The van der Waals surface area contributed by atoms with Crippen molar-refractivity contribution in [2.45, 2.75) is 32.9 Å². The Bertz CT molecular complexity index is 462. The molecule has 6 heteroatoms. The van der Waals surface area contributed by atoms with Crippen molar-refractivity contribution in [2.75, 3.05) is 14.1 Å². The van der Waals surface area contributed by atoms with Gasteiger partial charge in [0.1, 0.15) is 0 Å². The molecule has 0 radical (unpaired) electrons. The topological polar surface area (TPSA) is 48.1 Å². The average Bonchev–Trinajstić information content (AvgIpc) is 2.49. The van der Waals surface area contributed by atoms with Gasteiger partial charge in [-0.25, -0.2) is 0 Å². The van der Waals surface area contributed by atoms with E-state index in [0.29, 0.717) is 29.2 Å². The summed E-state index contributed by atoms with van der Waals surface area (Å²) in [6, 6.07) is 6.61. The van der Waals surface area contributed by atoms with Gasteiger partial charge in [-0.1, -0.05) is 32.0 Å². The van der Waals surface area contributed by atoms with Crippen molar-refractivity contribution in [1.82, 2.24) is 21.3 Å². The Morgan fingerprint density at radius 2 is 1.33 bits per heavy atom. The van der Waals surface area contributed by atoms with Crippen molar-refractivity contribution in [3.05, 3.63) is 34.9 Å². The predicted octanol–water partition coefficient (Wildman–Crippen LogP) is 2.00. The van der Waals surface area contributed by atoms with E-state index in [-0.39, 0.29) is 0 Å². The Balaban J connectivity index is 2.84. The molecule has 0 bridgehead atoms. The molecule has 1 rings (SSSR count). The third-order valence-corrected chi connectivity index (χ3v) is 3.80. The average molecular weight is 325 g/mol. The molecule has 1 aromatic rings. The van der Waals surface area contributed by atoms with Gasteiger partial charge in [0.2, 0.25) is 0 Å². The summed E-state index contributed by atoms with van der Waals surface area (Å²) in [6.07, 6.45) is 0. The molecule has 0 aliphatic rings. The summed E-state index contributed by atoms with van der Waals surface area (Å²) in [5.41, 5.74) is 3.74. The first-order valence-electron chi connectivity index (χ1n) is 7.00. The van der Waals surface area contributed by atoms with Gasteiger partial charge < -0.3 is 21.3 Å². The van der Waals surface area contributed by atoms with Crippen molar-refractivity contribution in [3.63, 3.8) is 0 Å². The van der Waals surface area contributed by atoms with Gasteiger partial charge in [-0.2, -0.15) is 0 Å². The minimum atomic E-state index is 0.483. The number of hydrogen-bond acceptors (Lipinski definition) is 2. The summed E-state index contributed by atoms with van der Waals surface area (Å²) in [6.45, 7) is 5.81. The fourth-order valence-electron chi connectivity index (χ4n) is 1.87. The highest BCUT2D eigenvalue weighted by molar-refractivity contribution is 7.80. The molecule has 4 N–H and O–H groups in total. The zero-order valence-electron chi connectivity index (χ0n) is 13.0. The van der Waals surface area contributed by atoms with E-state index in [9.17, 15) is 0 Å². The van der Waals surface area contributed by atoms with Crippen LogP contribution in [0.15, 0.2) is 18.2 Å².